The molecule has 1 aromatic rings. The second-order valence-electron chi connectivity index (χ2n) is 1.72. The maximum absolute atomic E-state index is 8.37. The standard InChI is InChI=1S/C6H4BN2O2/c8-3-5-1-2-6(9-4-5)11-7-10/h1-2,4,10H. The maximum atomic E-state index is 8.37. The monoisotopic (exact) mass is 147 g/mol. The van der Waals surface area contributed by atoms with Gasteiger partial charge in [-0.3, -0.25) is 0 Å². The van der Waals surface area contributed by atoms with Crippen LogP contribution in [0.5, 0.6) is 5.88 Å². The fourth-order valence-corrected chi connectivity index (χ4v) is 0.570. The number of pyridine rings is 1. The third-order valence-corrected chi connectivity index (χ3v) is 1.04. The van der Waals surface area contributed by atoms with Gasteiger partial charge in [0.1, 0.15) is 6.07 Å². The SMILES string of the molecule is N#Cc1ccc(O[B]O)nc1. The number of nitriles is 1. The van der Waals surface area contributed by atoms with Crippen LogP contribution >= 0.6 is 0 Å². The van der Waals surface area contributed by atoms with Gasteiger partial charge in [-0.1, -0.05) is 0 Å². The lowest BCUT2D eigenvalue weighted by Crippen LogP contribution is -2.01. The minimum Gasteiger partial charge on any atom is -0.523 e. The van der Waals surface area contributed by atoms with E-state index in [4.69, 9.17) is 10.3 Å². The van der Waals surface area contributed by atoms with E-state index in [2.05, 4.69) is 9.64 Å². The minimum absolute atomic E-state index is 0.256. The van der Waals surface area contributed by atoms with Crippen molar-refractivity contribution in [2.75, 3.05) is 0 Å². The maximum Gasteiger partial charge on any atom is 0.570 e. The van der Waals surface area contributed by atoms with Crippen molar-refractivity contribution in [1.82, 2.24) is 4.98 Å². The third-order valence-electron chi connectivity index (χ3n) is 1.04. The quantitative estimate of drug-likeness (QED) is 0.591. The Morgan fingerprint density at radius 2 is 2.45 bits per heavy atom. The lowest BCUT2D eigenvalue weighted by atomic mass is 10.3. The highest BCUT2D eigenvalue weighted by Gasteiger charge is 1.95. The summed E-state index contributed by atoms with van der Waals surface area (Å²) in [5.41, 5.74) is 0.454. The topological polar surface area (TPSA) is 66.1 Å². The van der Waals surface area contributed by atoms with Crippen molar-refractivity contribution in [2.45, 2.75) is 0 Å². The molecule has 0 bridgehead atoms. The lowest BCUT2D eigenvalue weighted by molar-refractivity contribution is 0.443. The molecule has 0 amide bonds. The molecule has 53 valence electrons. The van der Waals surface area contributed by atoms with E-state index in [0.29, 0.717) is 13.2 Å². The van der Waals surface area contributed by atoms with Gasteiger partial charge in [0.05, 0.1) is 5.56 Å². The van der Waals surface area contributed by atoms with E-state index in [1.165, 1.54) is 12.3 Å². The molecule has 0 aliphatic carbocycles. The second kappa shape index (κ2) is 3.59. The van der Waals surface area contributed by atoms with Crippen LogP contribution in [0.25, 0.3) is 0 Å². The molecule has 0 aliphatic rings. The summed E-state index contributed by atoms with van der Waals surface area (Å²) in [5, 5.41) is 16.6. The van der Waals surface area contributed by atoms with E-state index in [9.17, 15) is 0 Å². The molecule has 0 atom stereocenters. The van der Waals surface area contributed by atoms with Crippen LogP contribution in [-0.2, 0) is 0 Å². The summed E-state index contributed by atoms with van der Waals surface area (Å²) < 4.78 is 4.52. The van der Waals surface area contributed by atoms with Gasteiger partial charge < -0.3 is 9.68 Å². The molecule has 11 heavy (non-hydrogen) atoms. The Bertz CT molecular complexity index is 267. The first-order chi connectivity index (χ1) is 5.36. The van der Waals surface area contributed by atoms with Crippen LogP contribution in [0, 0.1) is 11.3 Å². The van der Waals surface area contributed by atoms with Crippen LogP contribution in [0.15, 0.2) is 18.3 Å². The summed E-state index contributed by atoms with van der Waals surface area (Å²) in [6.45, 7) is 0. The normalized spacial score (nSPS) is 8.36. The zero-order chi connectivity index (χ0) is 8.10. The van der Waals surface area contributed by atoms with E-state index < -0.39 is 0 Å². The van der Waals surface area contributed by atoms with Crippen molar-refractivity contribution in [3.05, 3.63) is 23.9 Å². The largest absolute Gasteiger partial charge is 0.570 e. The predicted octanol–water partition coefficient (Wildman–Crippen LogP) is -0.141. The number of hydrogen-bond acceptors (Lipinski definition) is 4. The van der Waals surface area contributed by atoms with Gasteiger partial charge in [0.2, 0.25) is 0 Å². The highest BCUT2D eigenvalue weighted by Crippen LogP contribution is 2.04. The fraction of sp³-hybridized carbons (Fsp3) is 0. The number of nitrogens with zero attached hydrogens (tertiary/aromatic N) is 2. The van der Waals surface area contributed by atoms with Gasteiger partial charge in [-0.05, 0) is 12.1 Å². The molecule has 0 saturated carbocycles. The Balaban J connectivity index is 2.76. The highest BCUT2D eigenvalue weighted by molar-refractivity contribution is 6.17. The zero-order valence-corrected chi connectivity index (χ0v) is 5.56. The van der Waals surface area contributed by atoms with E-state index in [1.54, 1.807) is 6.07 Å². The van der Waals surface area contributed by atoms with Crippen LogP contribution < -0.4 is 4.65 Å². The summed E-state index contributed by atoms with van der Waals surface area (Å²) in [7, 11) is 0.536. The summed E-state index contributed by atoms with van der Waals surface area (Å²) in [4.78, 5) is 3.70. The molecule has 0 aromatic carbocycles. The van der Waals surface area contributed by atoms with Gasteiger partial charge in [0.15, 0.2) is 5.88 Å². The summed E-state index contributed by atoms with van der Waals surface area (Å²) in [6, 6.07) is 4.94. The lowest BCUT2D eigenvalue weighted by Gasteiger charge is -1.97. The number of rotatable bonds is 2. The zero-order valence-electron chi connectivity index (χ0n) is 5.56. The fourth-order valence-electron chi connectivity index (χ4n) is 0.570. The molecule has 1 N–H and O–H groups in total. The predicted molar refractivity (Wildman–Crippen MR) is 37.6 cm³/mol. The molecule has 0 unspecified atom stereocenters. The average molecular weight is 147 g/mol. The molecule has 0 aliphatic heterocycles. The van der Waals surface area contributed by atoms with E-state index >= 15 is 0 Å². The van der Waals surface area contributed by atoms with E-state index in [1.807, 2.05) is 6.07 Å². The Morgan fingerprint density at radius 3 is 2.91 bits per heavy atom. The Labute approximate surface area is 64.4 Å². The molecular weight excluding hydrogens is 143 g/mol. The summed E-state index contributed by atoms with van der Waals surface area (Å²) in [6.07, 6.45) is 1.36. The van der Waals surface area contributed by atoms with Crippen molar-refractivity contribution in [3.8, 4) is 11.9 Å². The first-order valence-electron chi connectivity index (χ1n) is 2.85. The molecule has 0 saturated heterocycles. The van der Waals surface area contributed by atoms with Crippen molar-refractivity contribution >= 4 is 7.69 Å². The Hall–Kier alpha value is -1.54. The van der Waals surface area contributed by atoms with Crippen molar-refractivity contribution in [1.29, 1.82) is 5.26 Å². The molecular formula is C6H4BN2O2. The van der Waals surface area contributed by atoms with Crippen molar-refractivity contribution in [2.24, 2.45) is 0 Å². The smallest absolute Gasteiger partial charge is 0.523 e. The van der Waals surface area contributed by atoms with Gasteiger partial charge in [-0.15, -0.1) is 0 Å². The molecule has 0 fully saturated rings. The molecule has 1 aromatic heterocycles. The van der Waals surface area contributed by atoms with Crippen molar-refractivity contribution < 1.29 is 9.68 Å². The molecule has 1 heterocycles. The third kappa shape index (κ3) is 1.95. The molecule has 5 heteroatoms. The summed E-state index contributed by atoms with van der Waals surface area (Å²) in [5.74, 6) is 0.256. The van der Waals surface area contributed by atoms with Crippen LogP contribution in [0.3, 0.4) is 0 Å². The van der Waals surface area contributed by atoms with Gasteiger partial charge in [-0.25, -0.2) is 4.98 Å². The van der Waals surface area contributed by atoms with Crippen LogP contribution in [-0.4, -0.2) is 17.7 Å². The van der Waals surface area contributed by atoms with E-state index in [0.717, 1.165) is 0 Å². The Morgan fingerprint density at radius 1 is 1.64 bits per heavy atom. The minimum atomic E-state index is 0.256. The van der Waals surface area contributed by atoms with Gasteiger partial charge >= 0.3 is 7.69 Å². The second-order valence-corrected chi connectivity index (χ2v) is 1.72. The molecule has 4 nitrogen and oxygen atoms in total. The molecule has 1 rings (SSSR count). The van der Waals surface area contributed by atoms with Gasteiger partial charge in [-0.2, -0.15) is 5.26 Å². The molecule has 0 spiro atoms. The van der Waals surface area contributed by atoms with E-state index in [-0.39, 0.29) is 5.88 Å². The van der Waals surface area contributed by atoms with Gasteiger partial charge in [0, 0.05) is 6.20 Å². The molecule has 1 radical (unpaired) electrons. The highest BCUT2D eigenvalue weighted by atomic mass is 16.5. The van der Waals surface area contributed by atoms with Crippen molar-refractivity contribution in [3.63, 3.8) is 0 Å². The number of hydrogen-bond donors (Lipinski definition) is 1. The van der Waals surface area contributed by atoms with Crippen LogP contribution in [0.4, 0.5) is 0 Å². The van der Waals surface area contributed by atoms with Crippen LogP contribution in [0.2, 0.25) is 0 Å². The number of aromatic nitrogens is 1. The van der Waals surface area contributed by atoms with Gasteiger partial charge in [0.25, 0.3) is 0 Å². The average Bonchev–Trinajstić information content (AvgIpc) is 2.07. The Kier molecular flexibility index (Phi) is 2.47. The summed E-state index contributed by atoms with van der Waals surface area (Å²) >= 11 is 0. The first kappa shape index (κ1) is 7.57. The first-order valence-corrected chi connectivity index (χ1v) is 2.85. The van der Waals surface area contributed by atoms with Crippen LogP contribution in [0.1, 0.15) is 5.56 Å².